The monoisotopic (exact) mass is 210 g/mol. The number of rotatable bonds is 3. The molecule has 3 N–H and O–H groups in total. The Morgan fingerprint density at radius 1 is 1.40 bits per heavy atom. The standard InChI is InChI=1S/C10H19BN2O2/c1-10(2,3)15-11(14-4)8-5-6-9(12)13-7-8/h5-6,13H,7,12H2,1-4H3. The van der Waals surface area contributed by atoms with Gasteiger partial charge in [-0.1, -0.05) is 6.08 Å². The molecule has 0 spiro atoms. The normalized spacial score (nSPS) is 16.5. The highest BCUT2D eigenvalue weighted by Gasteiger charge is 2.28. The van der Waals surface area contributed by atoms with Crippen LogP contribution in [0.2, 0.25) is 0 Å². The average molecular weight is 210 g/mol. The smallest absolute Gasteiger partial charge is 0.410 e. The van der Waals surface area contributed by atoms with Gasteiger partial charge < -0.3 is 20.4 Å². The van der Waals surface area contributed by atoms with Crippen molar-refractivity contribution < 1.29 is 9.31 Å². The van der Waals surface area contributed by atoms with Crippen LogP contribution in [-0.2, 0) is 9.31 Å². The van der Waals surface area contributed by atoms with E-state index in [2.05, 4.69) is 5.32 Å². The van der Waals surface area contributed by atoms with Crippen LogP contribution >= 0.6 is 0 Å². The van der Waals surface area contributed by atoms with Crippen LogP contribution in [0, 0.1) is 0 Å². The van der Waals surface area contributed by atoms with Crippen molar-refractivity contribution in [1.29, 1.82) is 0 Å². The molecule has 5 heteroatoms. The van der Waals surface area contributed by atoms with Crippen molar-refractivity contribution in [1.82, 2.24) is 5.32 Å². The highest BCUT2D eigenvalue weighted by molar-refractivity contribution is 6.54. The predicted octanol–water partition coefficient (Wildman–Crippen LogP) is 0.805. The highest BCUT2D eigenvalue weighted by atomic mass is 16.6. The van der Waals surface area contributed by atoms with Crippen LogP contribution in [0.1, 0.15) is 20.8 Å². The molecule has 84 valence electrons. The summed E-state index contributed by atoms with van der Waals surface area (Å²) >= 11 is 0. The average Bonchev–Trinajstić information content (AvgIpc) is 2.14. The topological polar surface area (TPSA) is 56.5 Å². The lowest BCUT2D eigenvalue weighted by molar-refractivity contribution is 0.0956. The Morgan fingerprint density at radius 2 is 2.07 bits per heavy atom. The SMILES string of the molecule is COB(OC(C)(C)C)C1=CC=C(N)NC1. The first kappa shape index (κ1) is 12.1. The van der Waals surface area contributed by atoms with E-state index in [1.807, 2.05) is 32.9 Å². The summed E-state index contributed by atoms with van der Waals surface area (Å²) in [5, 5.41) is 3.04. The number of hydrogen-bond donors (Lipinski definition) is 2. The second-order valence-corrected chi connectivity index (χ2v) is 4.51. The van der Waals surface area contributed by atoms with Crippen LogP contribution in [-0.4, -0.2) is 26.4 Å². The van der Waals surface area contributed by atoms with E-state index >= 15 is 0 Å². The molecule has 0 radical (unpaired) electrons. The third-order valence-corrected chi connectivity index (χ3v) is 1.95. The first-order chi connectivity index (χ1) is 6.92. The molecule has 4 nitrogen and oxygen atoms in total. The molecule has 0 aromatic rings. The number of nitrogens with two attached hydrogens (primary N) is 1. The summed E-state index contributed by atoms with van der Waals surface area (Å²) in [5.41, 5.74) is 6.40. The fourth-order valence-electron chi connectivity index (χ4n) is 1.28. The molecule has 0 unspecified atom stereocenters. The molecule has 0 saturated heterocycles. The molecule has 0 fully saturated rings. The molecule has 0 bridgehead atoms. The van der Waals surface area contributed by atoms with Gasteiger partial charge in [0.1, 0.15) is 0 Å². The Kier molecular flexibility index (Phi) is 3.82. The largest absolute Gasteiger partial charge is 0.491 e. The van der Waals surface area contributed by atoms with Crippen LogP contribution in [0.25, 0.3) is 0 Å². The fourth-order valence-corrected chi connectivity index (χ4v) is 1.28. The maximum Gasteiger partial charge on any atom is 0.491 e. The lowest BCUT2D eigenvalue weighted by atomic mass is 9.76. The van der Waals surface area contributed by atoms with Gasteiger partial charge in [-0.25, -0.2) is 0 Å². The Labute approximate surface area is 91.6 Å². The fraction of sp³-hybridized carbons (Fsp3) is 0.600. The van der Waals surface area contributed by atoms with Crippen LogP contribution in [0.15, 0.2) is 23.4 Å². The number of hydrogen-bond acceptors (Lipinski definition) is 4. The minimum Gasteiger partial charge on any atom is -0.410 e. The van der Waals surface area contributed by atoms with Gasteiger partial charge in [-0.3, -0.25) is 0 Å². The summed E-state index contributed by atoms with van der Waals surface area (Å²) in [6.07, 6.45) is 3.75. The molecule has 1 aliphatic rings. The van der Waals surface area contributed by atoms with Gasteiger partial charge in [-0.05, 0) is 32.3 Å². The highest BCUT2D eigenvalue weighted by Crippen LogP contribution is 2.15. The first-order valence-corrected chi connectivity index (χ1v) is 5.03. The summed E-state index contributed by atoms with van der Waals surface area (Å²) in [6, 6.07) is 0. The molecule has 0 aliphatic carbocycles. The van der Waals surface area contributed by atoms with Crippen molar-refractivity contribution in [3.8, 4) is 0 Å². The molecule has 0 aromatic carbocycles. The van der Waals surface area contributed by atoms with Crippen molar-refractivity contribution >= 4 is 7.12 Å². The minimum atomic E-state index is -0.318. The third-order valence-electron chi connectivity index (χ3n) is 1.95. The molecule has 1 rings (SSSR count). The quantitative estimate of drug-likeness (QED) is 0.676. The molecule has 0 saturated carbocycles. The summed E-state index contributed by atoms with van der Waals surface area (Å²) in [5.74, 6) is 0.671. The van der Waals surface area contributed by atoms with E-state index in [1.54, 1.807) is 7.11 Å². The Morgan fingerprint density at radius 3 is 2.47 bits per heavy atom. The van der Waals surface area contributed by atoms with E-state index in [0.29, 0.717) is 12.4 Å². The zero-order valence-electron chi connectivity index (χ0n) is 9.83. The molecule has 15 heavy (non-hydrogen) atoms. The van der Waals surface area contributed by atoms with Crippen molar-refractivity contribution in [2.75, 3.05) is 13.7 Å². The van der Waals surface area contributed by atoms with E-state index in [0.717, 1.165) is 5.47 Å². The van der Waals surface area contributed by atoms with Crippen LogP contribution in [0.5, 0.6) is 0 Å². The second-order valence-electron chi connectivity index (χ2n) is 4.51. The molecular weight excluding hydrogens is 191 g/mol. The van der Waals surface area contributed by atoms with Crippen molar-refractivity contribution in [3.63, 3.8) is 0 Å². The van der Waals surface area contributed by atoms with Gasteiger partial charge in [-0.15, -0.1) is 0 Å². The Bertz CT molecular complexity index is 282. The molecule has 0 amide bonds. The van der Waals surface area contributed by atoms with Crippen LogP contribution < -0.4 is 11.1 Å². The van der Waals surface area contributed by atoms with E-state index in [1.165, 1.54) is 0 Å². The molecular formula is C10H19BN2O2. The summed E-state index contributed by atoms with van der Waals surface area (Å²) in [7, 11) is 1.32. The third kappa shape index (κ3) is 3.97. The van der Waals surface area contributed by atoms with Gasteiger partial charge in [0.15, 0.2) is 0 Å². The number of dihydropyridines is 1. The van der Waals surface area contributed by atoms with E-state index in [-0.39, 0.29) is 12.7 Å². The predicted molar refractivity (Wildman–Crippen MR) is 62.0 cm³/mol. The Balaban J connectivity index is 2.67. The summed E-state index contributed by atoms with van der Waals surface area (Å²) < 4.78 is 11.1. The minimum absolute atomic E-state index is 0.228. The maximum atomic E-state index is 5.76. The lowest BCUT2D eigenvalue weighted by Gasteiger charge is -2.26. The van der Waals surface area contributed by atoms with Gasteiger partial charge in [0.25, 0.3) is 0 Å². The zero-order valence-corrected chi connectivity index (χ0v) is 9.83. The second kappa shape index (κ2) is 4.72. The van der Waals surface area contributed by atoms with Gasteiger partial charge >= 0.3 is 7.12 Å². The van der Waals surface area contributed by atoms with Gasteiger partial charge in [-0.2, -0.15) is 0 Å². The number of nitrogens with one attached hydrogen (secondary N) is 1. The van der Waals surface area contributed by atoms with E-state index in [9.17, 15) is 0 Å². The summed E-state index contributed by atoms with van der Waals surface area (Å²) in [6.45, 7) is 6.66. The lowest BCUT2D eigenvalue weighted by Crippen LogP contribution is -2.39. The van der Waals surface area contributed by atoms with Gasteiger partial charge in [0, 0.05) is 19.3 Å². The summed E-state index contributed by atoms with van der Waals surface area (Å²) in [4.78, 5) is 0. The van der Waals surface area contributed by atoms with Gasteiger partial charge in [0.05, 0.1) is 5.82 Å². The van der Waals surface area contributed by atoms with Crippen molar-refractivity contribution in [3.05, 3.63) is 23.4 Å². The van der Waals surface area contributed by atoms with E-state index < -0.39 is 0 Å². The van der Waals surface area contributed by atoms with Crippen molar-refractivity contribution in [2.45, 2.75) is 26.4 Å². The Hall–Kier alpha value is -0.935. The van der Waals surface area contributed by atoms with Crippen molar-refractivity contribution in [2.24, 2.45) is 5.73 Å². The number of allylic oxidation sites excluding steroid dienone is 2. The maximum absolute atomic E-state index is 5.76. The zero-order chi connectivity index (χ0) is 11.5. The van der Waals surface area contributed by atoms with Gasteiger partial charge in [0.2, 0.25) is 0 Å². The molecule has 1 aliphatic heterocycles. The molecule has 0 atom stereocenters. The first-order valence-electron chi connectivity index (χ1n) is 5.03. The molecule has 1 heterocycles. The van der Waals surface area contributed by atoms with Crippen LogP contribution in [0.3, 0.4) is 0 Å². The van der Waals surface area contributed by atoms with Crippen LogP contribution in [0.4, 0.5) is 0 Å². The van der Waals surface area contributed by atoms with E-state index in [4.69, 9.17) is 15.0 Å². The molecule has 0 aromatic heterocycles.